The van der Waals surface area contributed by atoms with Gasteiger partial charge in [0.2, 0.25) is 5.91 Å². The largest absolute Gasteiger partial charge is 0.380 e. The molecule has 4 nitrogen and oxygen atoms in total. The Morgan fingerprint density at radius 1 is 1.12 bits per heavy atom. The number of hydrogen-bond acceptors (Lipinski definition) is 3. The molecule has 0 aromatic heterocycles. The molecule has 0 fully saturated rings. The first-order valence-corrected chi connectivity index (χ1v) is 6.85. The van der Waals surface area contributed by atoms with E-state index in [0.717, 1.165) is 13.0 Å². The molecule has 0 bridgehead atoms. The Morgan fingerprint density at radius 2 is 1.82 bits per heavy atom. The van der Waals surface area contributed by atoms with E-state index in [1.807, 2.05) is 0 Å². The molecule has 17 heavy (non-hydrogen) atoms. The number of hydrogen-bond donors (Lipinski definition) is 2. The Bertz CT molecular complexity index is 175. The van der Waals surface area contributed by atoms with Crippen LogP contribution >= 0.6 is 0 Å². The summed E-state index contributed by atoms with van der Waals surface area (Å²) in [7, 11) is 0. The molecule has 0 aromatic rings. The maximum Gasteiger partial charge on any atom is 0.222 e. The van der Waals surface area contributed by atoms with Gasteiger partial charge in [-0.15, -0.1) is 0 Å². The molecule has 0 unspecified atom stereocenters. The van der Waals surface area contributed by atoms with Gasteiger partial charge in [-0.05, 0) is 6.42 Å². The lowest BCUT2D eigenvalue weighted by Crippen LogP contribution is -2.25. The van der Waals surface area contributed by atoms with Crippen molar-refractivity contribution in [3.8, 4) is 0 Å². The minimum atomic E-state index is 0.0792. The van der Waals surface area contributed by atoms with Crippen molar-refractivity contribution < 1.29 is 9.53 Å². The second kappa shape index (κ2) is 13.5. The number of carbonyl (C=O) groups is 1. The van der Waals surface area contributed by atoms with Crippen molar-refractivity contribution in [3.63, 3.8) is 0 Å². The third kappa shape index (κ3) is 13.3. The first kappa shape index (κ1) is 16.4. The molecule has 0 saturated carbocycles. The van der Waals surface area contributed by atoms with Gasteiger partial charge in [0.05, 0.1) is 13.2 Å². The number of rotatable bonds is 12. The molecule has 0 aliphatic heterocycles. The number of ether oxygens (including phenoxy) is 1. The van der Waals surface area contributed by atoms with Crippen LogP contribution in [0.1, 0.15) is 51.9 Å². The van der Waals surface area contributed by atoms with Gasteiger partial charge in [0, 0.05) is 19.5 Å². The summed E-state index contributed by atoms with van der Waals surface area (Å²) < 4.78 is 5.14. The highest BCUT2D eigenvalue weighted by Gasteiger charge is 1.99. The predicted molar refractivity (Wildman–Crippen MR) is 70.9 cm³/mol. The quantitative estimate of drug-likeness (QED) is 0.515. The summed E-state index contributed by atoms with van der Waals surface area (Å²) in [5.41, 5.74) is 5.27. The maximum atomic E-state index is 11.3. The van der Waals surface area contributed by atoms with Crippen molar-refractivity contribution in [2.24, 2.45) is 5.73 Å². The summed E-state index contributed by atoms with van der Waals surface area (Å²) in [5.74, 6) is 0.0792. The van der Waals surface area contributed by atoms with Crippen LogP contribution in [0.15, 0.2) is 0 Å². The van der Waals surface area contributed by atoms with Crippen molar-refractivity contribution >= 4 is 5.91 Å². The number of nitrogens with one attached hydrogen (secondary N) is 1. The molecule has 0 saturated heterocycles. The summed E-state index contributed by atoms with van der Waals surface area (Å²) in [6.07, 6.45) is 7.93. The Hall–Kier alpha value is -0.610. The van der Waals surface area contributed by atoms with E-state index >= 15 is 0 Å². The lowest BCUT2D eigenvalue weighted by Gasteiger charge is -2.05. The minimum absolute atomic E-state index is 0.0792. The number of unbranched alkanes of at least 4 members (excludes halogenated alkanes) is 5. The predicted octanol–water partition coefficient (Wildman–Crippen LogP) is 1.83. The molecule has 3 N–H and O–H groups in total. The summed E-state index contributed by atoms with van der Waals surface area (Å²) in [6, 6.07) is 0. The van der Waals surface area contributed by atoms with E-state index in [1.54, 1.807) is 0 Å². The molecule has 0 spiro atoms. The summed E-state index contributed by atoms with van der Waals surface area (Å²) >= 11 is 0. The lowest BCUT2D eigenvalue weighted by molar-refractivity contribution is -0.122. The topological polar surface area (TPSA) is 64.3 Å². The molecule has 0 heterocycles. The van der Waals surface area contributed by atoms with Crippen LogP contribution in [0.25, 0.3) is 0 Å². The van der Waals surface area contributed by atoms with Crippen LogP contribution in [-0.2, 0) is 9.53 Å². The third-order valence-corrected chi connectivity index (χ3v) is 2.59. The van der Waals surface area contributed by atoms with Gasteiger partial charge in [0.1, 0.15) is 0 Å². The van der Waals surface area contributed by atoms with E-state index in [9.17, 15) is 4.79 Å². The molecule has 1 amide bonds. The van der Waals surface area contributed by atoms with E-state index in [2.05, 4.69) is 12.2 Å². The smallest absolute Gasteiger partial charge is 0.222 e. The van der Waals surface area contributed by atoms with Gasteiger partial charge in [0.15, 0.2) is 0 Å². The first-order chi connectivity index (χ1) is 8.31. The van der Waals surface area contributed by atoms with Gasteiger partial charge in [-0.1, -0.05) is 39.0 Å². The molecular weight excluding hydrogens is 216 g/mol. The second-order valence-electron chi connectivity index (χ2n) is 4.27. The van der Waals surface area contributed by atoms with Crippen LogP contribution in [0.2, 0.25) is 0 Å². The van der Waals surface area contributed by atoms with Gasteiger partial charge in [0.25, 0.3) is 0 Å². The fourth-order valence-corrected chi connectivity index (χ4v) is 1.57. The highest BCUT2D eigenvalue weighted by atomic mass is 16.5. The second-order valence-corrected chi connectivity index (χ2v) is 4.27. The third-order valence-electron chi connectivity index (χ3n) is 2.59. The molecule has 0 aliphatic carbocycles. The standard InChI is InChI=1S/C13H28N2O2/c1-2-3-4-5-6-7-10-15-13(16)8-11-17-12-9-14/h2-12,14H2,1H3,(H,15,16). The number of carbonyl (C=O) groups excluding carboxylic acids is 1. The SMILES string of the molecule is CCCCCCCCNC(=O)CCOCCN. The van der Waals surface area contributed by atoms with Crippen LogP contribution in [0, 0.1) is 0 Å². The van der Waals surface area contributed by atoms with Crippen LogP contribution < -0.4 is 11.1 Å². The molecule has 4 heteroatoms. The van der Waals surface area contributed by atoms with E-state index in [0.29, 0.717) is 26.2 Å². The molecule has 0 aromatic carbocycles. The molecular formula is C13H28N2O2. The highest BCUT2D eigenvalue weighted by molar-refractivity contribution is 5.75. The summed E-state index contributed by atoms with van der Waals surface area (Å²) in [4.78, 5) is 11.3. The zero-order valence-corrected chi connectivity index (χ0v) is 11.2. The normalized spacial score (nSPS) is 10.5. The molecule has 0 aliphatic rings. The monoisotopic (exact) mass is 244 g/mol. The Kier molecular flexibility index (Phi) is 13.0. The Labute approximate surface area is 105 Å². The van der Waals surface area contributed by atoms with Gasteiger partial charge >= 0.3 is 0 Å². The first-order valence-electron chi connectivity index (χ1n) is 6.85. The van der Waals surface area contributed by atoms with E-state index in [-0.39, 0.29) is 5.91 Å². The zero-order valence-electron chi connectivity index (χ0n) is 11.2. The zero-order chi connectivity index (χ0) is 12.8. The lowest BCUT2D eigenvalue weighted by atomic mass is 10.1. The van der Waals surface area contributed by atoms with Crippen molar-refractivity contribution in [1.82, 2.24) is 5.32 Å². The summed E-state index contributed by atoms with van der Waals surface area (Å²) in [5, 5.41) is 2.90. The molecule has 0 radical (unpaired) electrons. The van der Waals surface area contributed by atoms with Crippen LogP contribution in [0.5, 0.6) is 0 Å². The number of nitrogens with two attached hydrogens (primary N) is 1. The van der Waals surface area contributed by atoms with Crippen molar-refractivity contribution in [1.29, 1.82) is 0 Å². The van der Waals surface area contributed by atoms with Crippen molar-refractivity contribution in [3.05, 3.63) is 0 Å². The Balaban J connectivity index is 3.11. The van der Waals surface area contributed by atoms with Crippen molar-refractivity contribution in [2.45, 2.75) is 51.9 Å². The van der Waals surface area contributed by atoms with Crippen LogP contribution in [0.4, 0.5) is 0 Å². The fourth-order valence-electron chi connectivity index (χ4n) is 1.57. The van der Waals surface area contributed by atoms with Crippen LogP contribution in [0.3, 0.4) is 0 Å². The van der Waals surface area contributed by atoms with E-state index in [1.165, 1.54) is 32.1 Å². The summed E-state index contributed by atoms with van der Waals surface area (Å²) in [6.45, 7) is 4.53. The van der Waals surface area contributed by atoms with Gasteiger partial charge < -0.3 is 15.8 Å². The van der Waals surface area contributed by atoms with E-state index in [4.69, 9.17) is 10.5 Å². The van der Waals surface area contributed by atoms with Crippen LogP contribution in [-0.4, -0.2) is 32.2 Å². The molecule has 0 rings (SSSR count). The highest BCUT2D eigenvalue weighted by Crippen LogP contribution is 2.03. The average Bonchev–Trinajstić information content (AvgIpc) is 2.33. The fraction of sp³-hybridized carbons (Fsp3) is 0.923. The van der Waals surface area contributed by atoms with Gasteiger partial charge in [-0.2, -0.15) is 0 Å². The molecule has 102 valence electrons. The number of amides is 1. The molecule has 0 atom stereocenters. The minimum Gasteiger partial charge on any atom is -0.380 e. The average molecular weight is 244 g/mol. The van der Waals surface area contributed by atoms with Gasteiger partial charge in [-0.3, -0.25) is 4.79 Å². The Morgan fingerprint density at radius 3 is 2.53 bits per heavy atom. The van der Waals surface area contributed by atoms with Crippen molar-refractivity contribution in [2.75, 3.05) is 26.3 Å². The maximum absolute atomic E-state index is 11.3. The van der Waals surface area contributed by atoms with E-state index < -0.39 is 0 Å². The van der Waals surface area contributed by atoms with Gasteiger partial charge in [-0.25, -0.2) is 0 Å².